The lowest BCUT2D eigenvalue weighted by atomic mass is 9.85. The van der Waals surface area contributed by atoms with E-state index in [4.69, 9.17) is 14.5 Å². The second kappa shape index (κ2) is 7.01. The van der Waals surface area contributed by atoms with E-state index >= 15 is 0 Å². The van der Waals surface area contributed by atoms with E-state index in [2.05, 4.69) is 25.3 Å². The van der Waals surface area contributed by atoms with Crippen LogP contribution < -0.4 is 4.73 Å². The van der Waals surface area contributed by atoms with Gasteiger partial charge in [-0.25, -0.2) is 4.98 Å². The largest absolute Gasteiger partial charge is 0.618 e. The first-order chi connectivity index (χ1) is 13.3. The fourth-order valence-corrected chi connectivity index (χ4v) is 4.54. The Bertz CT molecular complexity index is 1000. The number of ether oxygens (including phenoxy) is 2. The predicted molar refractivity (Wildman–Crippen MR) is 109 cm³/mol. The monoisotopic (exact) mass is 383 g/mol. The average molecular weight is 383 g/mol. The van der Waals surface area contributed by atoms with Crippen LogP contribution in [0.5, 0.6) is 0 Å². The van der Waals surface area contributed by atoms with E-state index in [1.54, 1.807) is 6.20 Å². The van der Waals surface area contributed by atoms with Gasteiger partial charge in [0.15, 0.2) is 11.3 Å². The lowest BCUT2D eigenvalue weighted by Gasteiger charge is -2.34. The maximum Gasteiger partial charge on any atom is 0.226 e. The number of fused-ring (bicyclic) bond motifs is 3. The van der Waals surface area contributed by atoms with Gasteiger partial charge in [0.2, 0.25) is 11.7 Å². The number of aryl methyl sites for hydroxylation is 1. The van der Waals surface area contributed by atoms with Crippen molar-refractivity contribution in [1.82, 2.24) is 9.55 Å². The Hall–Kier alpha value is -2.18. The van der Waals surface area contributed by atoms with Crippen molar-refractivity contribution in [2.75, 3.05) is 13.2 Å². The summed E-state index contributed by atoms with van der Waals surface area (Å²) in [6, 6.07) is 7.75. The number of hydrogen-bond acceptors (Lipinski definition) is 4. The summed E-state index contributed by atoms with van der Waals surface area (Å²) in [5.74, 6) is 0.491. The van der Waals surface area contributed by atoms with Gasteiger partial charge in [0.1, 0.15) is 5.82 Å². The molecule has 150 valence electrons. The van der Waals surface area contributed by atoms with Crippen LogP contribution >= 0.6 is 0 Å². The summed E-state index contributed by atoms with van der Waals surface area (Å²) in [5, 5.41) is 13.4. The van der Waals surface area contributed by atoms with E-state index in [0.717, 1.165) is 52.8 Å². The molecule has 1 saturated heterocycles. The number of imidazole rings is 1. The van der Waals surface area contributed by atoms with E-state index in [1.807, 2.05) is 31.2 Å². The average Bonchev–Trinajstić information content (AvgIpc) is 3.19. The Labute approximate surface area is 165 Å². The number of nitrogens with zero attached hydrogens (tertiary/aromatic N) is 3. The summed E-state index contributed by atoms with van der Waals surface area (Å²) in [6.45, 7) is 10.7. The normalized spacial score (nSPS) is 17.0. The molecule has 6 heteroatoms. The topological polar surface area (TPSA) is 63.2 Å². The van der Waals surface area contributed by atoms with Gasteiger partial charge in [-0.2, -0.15) is 4.73 Å². The highest BCUT2D eigenvalue weighted by Crippen LogP contribution is 2.37. The molecule has 0 radical (unpaired) electrons. The van der Waals surface area contributed by atoms with Crippen molar-refractivity contribution in [3.8, 4) is 0 Å². The molecule has 2 aromatic heterocycles. The van der Waals surface area contributed by atoms with Gasteiger partial charge in [0.05, 0.1) is 24.1 Å². The molecule has 0 saturated carbocycles. The first kappa shape index (κ1) is 19.2. The number of para-hydroxylation sites is 1. The molecule has 0 atom stereocenters. The van der Waals surface area contributed by atoms with Gasteiger partial charge in [0.25, 0.3) is 0 Å². The maximum absolute atomic E-state index is 12.5. The Kier molecular flexibility index (Phi) is 4.79. The van der Waals surface area contributed by atoms with Gasteiger partial charge in [-0.3, -0.25) is 0 Å². The quantitative estimate of drug-likeness (QED) is 0.477. The molecule has 3 heterocycles. The second-order valence-electron chi connectivity index (χ2n) is 8.74. The summed E-state index contributed by atoms with van der Waals surface area (Å²) in [7, 11) is 0. The summed E-state index contributed by atoms with van der Waals surface area (Å²) < 4.78 is 14.9. The van der Waals surface area contributed by atoms with Crippen molar-refractivity contribution in [1.29, 1.82) is 0 Å². The van der Waals surface area contributed by atoms with E-state index in [-0.39, 0.29) is 5.41 Å². The highest BCUT2D eigenvalue weighted by Gasteiger charge is 2.38. The summed E-state index contributed by atoms with van der Waals surface area (Å²) in [5.41, 5.74) is 2.40. The third kappa shape index (κ3) is 3.47. The highest BCUT2D eigenvalue weighted by atomic mass is 16.7. The van der Waals surface area contributed by atoms with Crippen molar-refractivity contribution < 1.29 is 14.2 Å². The molecule has 0 aliphatic carbocycles. The molecule has 0 spiro atoms. The standard InChI is InChI=1S/C22H29N3O3/c1-5-8-19-23-17-13-25(26)18-10-7-6-9-16(18)20(17)24(19)15-21(2,3)14-22(4)27-11-12-28-22/h6-7,9-10,13H,5,8,11-12,14-15H2,1-4H3. The molecule has 4 rings (SSSR count). The zero-order valence-corrected chi connectivity index (χ0v) is 17.2. The van der Waals surface area contributed by atoms with Gasteiger partial charge in [-0.05, 0) is 24.8 Å². The van der Waals surface area contributed by atoms with Gasteiger partial charge < -0.3 is 19.2 Å². The minimum atomic E-state index is -0.537. The molecule has 0 amide bonds. The molecule has 1 fully saturated rings. The molecule has 0 N–H and O–H groups in total. The van der Waals surface area contributed by atoms with Crippen LogP contribution in [0.4, 0.5) is 0 Å². The van der Waals surface area contributed by atoms with Crippen molar-refractivity contribution in [3.63, 3.8) is 0 Å². The van der Waals surface area contributed by atoms with Gasteiger partial charge in [0, 0.05) is 25.5 Å². The number of aromatic nitrogens is 3. The second-order valence-corrected chi connectivity index (χ2v) is 8.74. The molecule has 28 heavy (non-hydrogen) atoms. The third-order valence-electron chi connectivity index (χ3n) is 5.47. The molecule has 3 aromatic rings. The lowest BCUT2D eigenvalue weighted by Crippen LogP contribution is -2.35. The lowest BCUT2D eigenvalue weighted by molar-refractivity contribution is -0.575. The first-order valence-corrected chi connectivity index (χ1v) is 10.1. The molecule has 1 aliphatic rings. The number of hydrogen-bond donors (Lipinski definition) is 0. The molecule has 6 nitrogen and oxygen atoms in total. The minimum absolute atomic E-state index is 0.0698. The van der Waals surface area contributed by atoms with Crippen LogP contribution in [0.2, 0.25) is 0 Å². The molecular weight excluding hydrogens is 354 g/mol. The van der Waals surface area contributed by atoms with Crippen molar-refractivity contribution >= 4 is 21.9 Å². The zero-order chi connectivity index (χ0) is 19.9. The van der Waals surface area contributed by atoms with Gasteiger partial charge in [-0.15, -0.1) is 0 Å². The SMILES string of the molecule is CCCc1nc2c[n+]([O-])c3ccccc3c2n1CC(C)(C)CC1(C)OCCO1. The molecule has 1 aliphatic heterocycles. The van der Waals surface area contributed by atoms with Crippen LogP contribution in [0, 0.1) is 10.6 Å². The maximum atomic E-state index is 12.5. The van der Waals surface area contributed by atoms with E-state index in [1.165, 1.54) is 0 Å². The van der Waals surface area contributed by atoms with Crippen LogP contribution in [0.1, 0.15) is 46.4 Å². The fraction of sp³-hybridized carbons (Fsp3) is 0.545. The molecule has 0 unspecified atom stereocenters. The summed E-state index contributed by atoms with van der Waals surface area (Å²) >= 11 is 0. The molecule has 1 aromatic carbocycles. The van der Waals surface area contributed by atoms with Crippen LogP contribution in [-0.4, -0.2) is 28.6 Å². The van der Waals surface area contributed by atoms with Crippen molar-refractivity contribution in [2.45, 2.75) is 59.3 Å². The Morgan fingerprint density at radius 3 is 2.68 bits per heavy atom. The van der Waals surface area contributed by atoms with E-state index in [0.29, 0.717) is 18.7 Å². The Balaban J connectivity index is 1.82. The number of rotatable bonds is 6. The Morgan fingerprint density at radius 1 is 1.25 bits per heavy atom. The van der Waals surface area contributed by atoms with Crippen molar-refractivity contribution in [2.24, 2.45) is 5.41 Å². The molecular formula is C22H29N3O3. The first-order valence-electron chi connectivity index (χ1n) is 10.1. The van der Waals surface area contributed by atoms with Crippen molar-refractivity contribution in [3.05, 3.63) is 41.5 Å². The number of benzene rings is 1. The van der Waals surface area contributed by atoms with E-state index in [9.17, 15) is 5.21 Å². The fourth-order valence-electron chi connectivity index (χ4n) is 4.54. The van der Waals surface area contributed by atoms with Crippen LogP contribution in [0.3, 0.4) is 0 Å². The highest BCUT2D eigenvalue weighted by molar-refractivity contribution is 6.00. The van der Waals surface area contributed by atoms with E-state index < -0.39 is 5.79 Å². The van der Waals surface area contributed by atoms with Crippen LogP contribution in [0.15, 0.2) is 30.5 Å². The predicted octanol–water partition coefficient (Wildman–Crippen LogP) is 3.95. The van der Waals surface area contributed by atoms with Crippen LogP contribution in [0.25, 0.3) is 21.9 Å². The third-order valence-corrected chi connectivity index (χ3v) is 5.47. The van der Waals surface area contributed by atoms with Gasteiger partial charge in [-0.1, -0.05) is 32.9 Å². The zero-order valence-electron chi connectivity index (χ0n) is 17.2. The smallest absolute Gasteiger partial charge is 0.226 e. The summed E-state index contributed by atoms with van der Waals surface area (Å²) in [4.78, 5) is 4.83. The van der Waals surface area contributed by atoms with Gasteiger partial charge >= 0.3 is 0 Å². The summed E-state index contributed by atoms with van der Waals surface area (Å²) in [6.07, 6.45) is 4.27. The Morgan fingerprint density at radius 2 is 1.96 bits per heavy atom. The minimum Gasteiger partial charge on any atom is -0.618 e. The number of pyridine rings is 1. The van der Waals surface area contributed by atoms with Crippen LogP contribution in [-0.2, 0) is 22.4 Å². The molecule has 0 bridgehead atoms.